The zero-order valence-electron chi connectivity index (χ0n) is 11.6. The first kappa shape index (κ1) is 13.6. The monoisotopic (exact) mass is 304 g/mol. The Morgan fingerprint density at radius 3 is 2.52 bits per heavy atom. The minimum atomic E-state index is 0.135. The van der Waals surface area contributed by atoms with Gasteiger partial charge in [-0.1, -0.05) is 12.1 Å². The van der Waals surface area contributed by atoms with Gasteiger partial charge < -0.3 is 14.0 Å². The summed E-state index contributed by atoms with van der Waals surface area (Å²) in [5.74, 6) is 1.19. The molecular weight excluding hydrogens is 292 g/mol. The third kappa shape index (κ3) is 2.62. The van der Waals surface area contributed by atoms with Gasteiger partial charge in [0.15, 0.2) is 11.2 Å². The fourth-order valence-electron chi connectivity index (χ4n) is 2.08. The van der Waals surface area contributed by atoms with Crippen molar-refractivity contribution >= 4 is 22.8 Å². The Balaban J connectivity index is 1.98. The lowest BCUT2D eigenvalue weighted by Gasteiger charge is -2.06. The SMILES string of the molecule is COc1ccc(Cn2cnc3c(OC)nc(Cl)nc32)cc1. The molecule has 3 rings (SSSR count). The molecule has 0 aliphatic carbocycles. The number of fused-ring (bicyclic) bond motifs is 1. The number of halogens is 1. The Hall–Kier alpha value is -2.34. The van der Waals surface area contributed by atoms with Gasteiger partial charge in [0, 0.05) is 0 Å². The lowest BCUT2D eigenvalue weighted by atomic mass is 10.2. The predicted octanol–water partition coefficient (Wildman–Crippen LogP) is 2.55. The molecule has 0 saturated carbocycles. The van der Waals surface area contributed by atoms with E-state index in [9.17, 15) is 0 Å². The molecule has 3 aromatic rings. The Kier molecular flexibility index (Phi) is 3.62. The van der Waals surface area contributed by atoms with E-state index in [4.69, 9.17) is 21.1 Å². The van der Waals surface area contributed by atoms with E-state index in [1.54, 1.807) is 13.4 Å². The summed E-state index contributed by atoms with van der Waals surface area (Å²) in [6, 6.07) is 7.81. The molecule has 0 fully saturated rings. The van der Waals surface area contributed by atoms with Gasteiger partial charge in [-0.15, -0.1) is 0 Å². The molecule has 0 saturated heterocycles. The van der Waals surface area contributed by atoms with Crippen molar-refractivity contribution in [1.82, 2.24) is 19.5 Å². The number of aromatic nitrogens is 4. The minimum Gasteiger partial charge on any atom is -0.497 e. The van der Waals surface area contributed by atoms with Crippen molar-refractivity contribution in [3.8, 4) is 11.6 Å². The number of hydrogen-bond donors (Lipinski definition) is 0. The number of rotatable bonds is 4. The minimum absolute atomic E-state index is 0.135. The second-order valence-corrected chi connectivity index (χ2v) is 4.73. The topological polar surface area (TPSA) is 62.1 Å². The van der Waals surface area contributed by atoms with Crippen LogP contribution in [-0.4, -0.2) is 33.7 Å². The van der Waals surface area contributed by atoms with E-state index in [1.807, 2.05) is 28.8 Å². The molecular formula is C14H13ClN4O2. The van der Waals surface area contributed by atoms with Crippen molar-refractivity contribution in [2.75, 3.05) is 14.2 Å². The van der Waals surface area contributed by atoms with Crippen LogP contribution in [0, 0.1) is 0 Å². The summed E-state index contributed by atoms with van der Waals surface area (Å²) in [6.45, 7) is 0.622. The highest BCUT2D eigenvalue weighted by molar-refractivity contribution is 6.28. The fourth-order valence-corrected chi connectivity index (χ4v) is 2.24. The summed E-state index contributed by atoms with van der Waals surface area (Å²) < 4.78 is 12.2. The molecule has 0 spiro atoms. The molecule has 21 heavy (non-hydrogen) atoms. The predicted molar refractivity (Wildman–Crippen MR) is 79.0 cm³/mol. The van der Waals surface area contributed by atoms with Crippen LogP contribution in [0.5, 0.6) is 11.6 Å². The van der Waals surface area contributed by atoms with Gasteiger partial charge in [-0.3, -0.25) is 0 Å². The molecule has 0 N–H and O–H groups in total. The summed E-state index contributed by atoms with van der Waals surface area (Å²) in [4.78, 5) is 12.5. The van der Waals surface area contributed by atoms with Gasteiger partial charge in [-0.05, 0) is 29.3 Å². The molecule has 1 aromatic carbocycles. The van der Waals surface area contributed by atoms with Crippen molar-refractivity contribution in [2.24, 2.45) is 0 Å². The van der Waals surface area contributed by atoms with Crippen molar-refractivity contribution in [1.29, 1.82) is 0 Å². The molecule has 2 aromatic heterocycles. The zero-order valence-corrected chi connectivity index (χ0v) is 12.3. The Morgan fingerprint density at radius 1 is 1.10 bits per heavy atom. The molecule has 2 heterocycles. The molecule has 0 aliphatic heterocycles. The van der Waals surface area contributed by atoms with Crippen molar-refractivity contribution in [3.63, 3.8) is 0 Å². The van der Waals surface area contributed by atoms with E-state index >= 15 is 0 Å². The molecule has 0 bridgehead atoms. The molecule has 7 heteroatoms. The van der Waals surface area contributed by atoms with Gasteiger partial charge in [0.25, 0.3) is 0 Å². The summed E-state index contributed by atoms with van der Waals surface area (Å²) in [5, 5.41) is 0.135. The molecule has 0 amide bonds. The van der Waals surface area contributed by atoms with Crippen LogP contribution in [0.25, 0.3) is 11.2 Å². The van der Waals surface area contributed by atoms with Gasteiger partial charge in [-0.25, -0.2) is 4.98 Å². The lowest BCUT2D eigenvalue weighted by molar-refractivity contribution is 0.402. The number of imidazole rings is 1. The smallest absolute Gasteiger partial charge is 0.246 e. The zero-order chi connectivity index (χ0) is 14.8. The maximum absolute atomic E-state index is 5.91. The lowest BCUT2D eigenvalue weighted by Crippen LogP contribution is -2.00. The first-order valence-corrected chi connectivity index (χ1v) is 6.64. The Bertz CT molecular complexity index is 770. The molecule has 0 radical (unpaired) electrons. The van der Waals surface area contributed by atoms with Gasteiger partial charge in [0.2, 0.25) is 11.2 Å². The number of hydrogen-bond acceptors (Lipinski definition) is 5. The van der Waals surface area contributed by atoms with E-state index in [0.29, 0.717) is 23.6 Å². The van der Waals surface area contributed by atoms with Crippen LogP contribution >= 0.6 is 11.6 Å². The van der Waals surface area contributed by atoms with Crippen LogP contribution in [0.4, 0.5) is 0 Å². The van der Waals surface area contributed by atoms with Gasteiger partial charge in [0.1, 0.15) is 5.75 Å². The van der Waals surface area contributed by atoms with Crippen LogP contribution in [0.1, 0.15) is 5.56 Å². The summed E-state index contributed by atoms with van der Waals surface area (Å²) in [5.41, 5.74) is 2.34. The first-order chi connectivity index (χ1) is 10.2. The second-order valence-electron chi connectivity index (χ2n) is 4.39. The highest BCUT2D eigenvalue weighted by Crippen LogP contribution is 2.23. The number of methoxy groups -OCH3 is 2. The molecule has 0 atom stereocenters. The van der Waals surface area contributed by atoms with Crippen molar-refractivity contribution < 1.29 is 9.47 Å². The molecule has 6 nitrogen and oxygen atoms in total. The largest absolute Gasteiger partial charge is 0.497 e. The van der Waals surface area contributed by atoms with Gasteiger partial charge in [-0.2, -0.15) is 9.97 Å². The third-order valence-electron chi connectivity index (χ3n) is 3.11. The van der Waals surface area contributed by atoms with Gasteiger partial charge >= 0.3 is 0 Å². The van der Waals surface area contributed by atoms with Crippen LogP contribution in [0.15, 0.2) is 30.6 Å². The second kappa shape index (κ2) is 5.57. The fraction of sp³-hybridized carbons (Fsp3) is 0.214. The van der Waals surface area contributed by atoms with Crippen LogP contribution in [0.2, 0.25) is 5.28 Å². The van der Waals surface area contributed by atoms with E-state index in [-0.39, 0.29) is 5.28 Å². The van der Waals surface area contributed by atoms with Gasteiger partial charge in [0.05, 0.1) is 27.1 Å². The van der Waals surface area contributed by atoms with Crippen molar-refractivity contribution in [2.45, 2.75) is 6.54 Å². The average Bonchev–Trinajstić information content (AvgIpc) is 2.90. The van der Waals surface area contributed by atoms with Crippen molar-refractivity contribution in [3.05, 3.63) is 41.4 Å². The number of ether oxygens (including phenoxy) is 2. The van der Waals surface area contributed by atoms with E-state index in [1.165, 1.54) is 7.11 Å². The van der Waals surface area contributed by atoms with Crippen LogP contribution in [0.3, 0.4) is 0 Å². The molecule has 0 unspecified atom stereocenters. The summed E-state index contributed by atoms with van der Waals surface area (Å²) in [7, 11) is 3.17. The summed E-state index contributed by atoms with van der Waals surface area (Å²) >= 11 is 5.91. The Labute approximate surface area is 126 Å². The standard InChI is InChI=1S/C14H13ClN4O2/c1-20-10-5-3-9(4-6-10)7-19-8-16-11-12(19)17-14(15)18-13(11)21-2/h3-6,8H,7H2,1-2H3. The first-order valence-electron chi connectivity index (χ1n) is 6.26. The molecule has 0 aliphatic rings. The van der Waals surface area contributed by atoms with E-state index < -0.39 is 0 Å². The van der Waals surface area contributed by atoms with E-state index in [2.05, 4.69) is 15.0 Å². The summed E-state index contributed by atoms with van der Waals surface area (Å²) in [6.07, 6.45) is 1.70. The quantitative estimate of drug-likeness (QED) is 0.693. The molecule has 108 valence electrons. The maximum Gasteiger partial charge on any atom is 0.246 e. The highest BCUT2D eigenvalue weighted by atomic mass is 35.5. The maximum atomic E-state index is 5.91. The Morgan fingerprint density at radius 2 is 1.86 bits per heavy atom. The number of nitrogens with zero attached hydrogens (tertiary/aromatic N) is 4. The van der Waals surface area contributed by atoms with Crippen LogP contribution < -0.4 is 9.47 Å². The van der Waals surface area contributed by atoms with E-state index in [0.717, 1.165) is 11.3 Å². The highest BCUT2D eigenvalue weighted by Gasteiger charge is 2.13. The number of benzene rings is 1. The third-order valence-corrected chi connectivity index (χ3v) is 3.28. The van der Waals surface area contributed by atoms with Crippen LogP contribution in [-0.2, 0) is 6.54 Å². The average molecular weight is 305 g/mol. The normalized spacial score (nSPS) is 10.8.